The van der Waals surface area contributed by atoms with E-state index in [4.69, 9.17) is 29.1 Å². The van der Waals surface area contributed by atoms with Crippen molar-refractivity contribution in [2.75, 3.05) is 9.80 Å². The van der Waals surface area contributed by atoms with Gasteiger partial charge in [-0.05, 0) is 73.6 Å². The Labute approximate surface area is 226 Å². The predicted molar refractivity (Wildman–Crippen MR) is 144 cm³/mol. The second-order valence-corrected chi connectivity index (χ2v) is 9.97. The largest absolute Gasteiger partial charge is 0.348 e. The van der Waals surface area contributed by atoms with Crippen LogP contribution in [0.5, 0.6) is 0 Å². The number of H-pyrrole nitrogens is 1. The quantitative estimate of drug-likeness (QED) is 0.349. The number of nitrogens with zero attached hydrogens (tertiary/aromatic N) is 4. The van der Waals surface area contributed by atoms with Gasteiger partial charge in [-0.3, -0.25) is 19.6 Å². The summed E-state index contributed by atoms with van der Waals surface area (Å²) in [5.74, 6) is -1.08. The summed E-state index contributed by atoms with van der Waals surface area (Å²) in [5, 5.41) is 19.9. The number of amides is 2. The van der Waals surface area contributed by atoms with E-state index in [9.17, 15) is 9.59 Å². The van der Waals surface area contributed by atoms with Crippen LogP contribution in [0.3, 0.4) is 0 Å². The number of benzene rings is 3. The lowest BCUT2D eigenvalue weighted by Crippen LogP contribution is -2.37. The maximum absolute atomic E-state index is 15.2. The molecule has 4 aromatic rings. The van der Waals surface area contributed by atoms with Crippen LogP contribution in [0.2, 0.25) is 5.02 Å². The highest BCUT2D eigenvalue weighted by Gasteiger charge is 2.64. The first-order valence-corrected chi connectivity index (χ1v) is 12.5. The Morgan fingerprint density at radius 2 is 1.97 bits per heavy atom. The van der Waals surface area contributed by atoms with Gasteiger partial charge in [-0.2, -0.15) is 10.4 Å². The minimum Gasteiger partial charge on any atom is -0.348 e. The summed E-state index contributed by atoms with van der Waals surface area (Å²) in [7, 11) is 0. The first-order chi connectivity index (χ1) is 18.3. The molecule has 6 rings (SSSR count). The Balaban J connectivity index is 1.22. The van der Waals surface area contributed by atoms with Crippen molar-refractivity contribution < 1.29 is 14.0 Å². The number of fused-ring (bicyclic) bond motifs is 1. The molecule has 3 aromatic carbocycles. The van der Waals surface area contributed by atoms with E-state index in [0.717, 1.165) is 10.9 Å². The average molecular weight is 545 g/mol. The topological polar surface area (TPSA) is 105 Å². The second kappa shape index (κ2) is 8.90. The van der Waals surface area contributed by atoms with Gasteiger partial charge < -0.3 is 10.2 Å². The smallest absolute Gasteiger partial charge is 0.259 e. The van der Waals surface area contributed by atoms with Crippen molar-refractivity contribution in [1.82, 2.24) is 15.5 Å². The number of aromatic nitrogens is 2. The lowest BCUT2D eigenvalue weighted by Gasteiger charge is -2.24. The minimum absolute atomic E-state index is 0.0151. The summed E-state index contributed by atoms with van der Waals surface area (Å²) in [4.78, 5) is 29.1. The number of hydrogen-bond donors (Lipinski definition) is 2. The molecule has 2 aliphatic rings. The third kappa shape index (κ3) is 3.79. The van der Waals surface area contributed by atoms with E-state index in [2.05, 4.69) is 15.5 Å². The van der Waals surface area contributed by atoms with Gasteiger partial charge in [-0.15, -0.1) is 0 Å². The zero-order valence-electron chi connectivity index (χ0n) is 19.7. The molecule has 11 heteroatoms. The molecule has 0 unspecified atom stereocenters. The number of nitriles is 1. The Bertz CT molecular complexity index is 1710. The van der Waals surface area contributed by atoms with Crippen molar-refractivity contribution in [3.8, 4) is 6.07 Å². The van der Waals surface area contributed by atoms with Crippen LogP contribution < -0.4 is 15.1 Å². The minimum atomic E-state index is -0.870. The Morgan fingerprint density at radius 3 is 2.68 bits per heavy atom. The molecule has 1 saturated heterocycles. The van der Waals surface area contributed by atoms with Crippen molar-refractivity contribution in [2.45, 2.75) is 24.9 Å². The van der Waals surface area contributed by atoms with E-state index in [0.29, 0.717) is 35.3 Å². The van der Waals surface area contributed by atoms with E-state index >= 15 is 4.39 Å². The van der Waals surface area contributed by atoms with Crippen molar-refractivity contribution >= 4 is 63.0 Å². The first-order valence-electron chi connectivity index (χ1n) is 11.7. The maximum atomic E-state index is 15.2. The lowest BCUT2D eigenvalue weighted by molar-refractivity contribution is -0.118. The molecular weight excluding hydrogens is 527 g/mol. The van der Waals surface area contributed by atoms with Gasteiger partial charge in [-0.25, -0.2) is 4.39 Å². The maximum Gasteiger partial charge on any atom is 0.259 e. The summed E-state index contributed by atoms with van der Waals surface area (Å²) >= 11 is 11.9. The zero-order chi connectivity index (χ0) is 26.6. The molecule has 1 spiro atoms. The number of carbonyl (C=O) groups excluding carboxylic acids is 2. The third-order valence-corrected chi connectivity index (χ3v) is 7.58. The van der Waals surface area contributed by atoms with Crippen molar-refractivity contribution in [3.05, 3.63) is 88.3 Å². The standard InChI is InChI=1S/C27H18ClFN6O2S/c28-21-10-19(4-1-16(21)12-30)34-25(37)27(7-8-27)35(26(34)38)20-5-2-17(22(29)11-20)13-31-24(36)15-3-6-23-18(9-15)14-32-33-23/h1-6,9-11,14H,7-8,13H2,(H,31,36)(H,32,33). The summed E-state index contributed by atoms with van der Waals surface area (Å²) in [6, 6.07) is 16.4. The van der Waals surface area contributed by atoms with Crippen LogP contribution in [-0.2, 0) is 11.3 Å². The molecule has 188 valence electrons. The Kier molecular flexibility index (Phi) is 5.63. The fraction of sp³-hybridized carbons (Fsp3) is 0.148. The summed E-state index contributed by atoms with van der Waals surface area (Å²) < 4.78 is 15.2. The zero-order valence-corrected chi connectivity index (χ0v) is 21.2. The highest BCUT2D eigenvalue weighted by Crippen LogP contribution is 2.51. The second-order valence-electron chi connectivity index (χ2n) is 9.20. The van der Waals surface area contributed by atoms with Gasteiger partial charge in [-0.1, -0.05) is 17.7 Å². The van der Waals surface area contributed by atoms with E-state index in [1.54, 1.807) is 47.5 Å². The van der Waals surface area contributed by atoms with Gasteiger partial charge in [0.05, 0.1) is 28.0 Å². The molecule has 2 heterocycles. The van der Waals surface area contributed by atoms with Crippen molar-refractivity contribution in [3.63, 3.8) is 0 Å². The van der Waals surface area contributed by atoms with Crippen LogP contribution in [0.25, 0.3) is 10.9 Å². The van der Waals surface area contributed by atoms with Gasteiger partial charge in [0.25, 0.3) is 11.8 Å². The predicted octanol–water partition coefficient (Wildman–Crippen LogP) is 4.83. The van der Waals surface area contributed by atoms with E-state index in [-0.39, 0.29) is 34.1 Å². The Morgan fingerprint density at radius 1 is 1.18 bits per heavy atom. The first kappa shape index (κ1) is 24.0. The molecule has 1 aromatic heterocycles. The molecule has 0 radical (unpaired) electrons. The van der Waals surface area contributed by atoms with Crippen LogP contribution in [0, 0.1) is 17.1 Å². The molecule has 1 aliphatic heterocycles. The van der Waals surface area contributed by atoms with Crippen LogP contribution in [0.15, 0.2) is 60.8 Å². The average Bonchev–Trinajstić information content (AvgIpc) is 3.50. The molecule has 38 heavy (non-hydrogen) atoms. The number of aromatic amines is 1. The fourth-order valence-electron chi connectivity index (χ4n) is 4.73. The summed E-state index contributed by atoms with van der Waals surface area (Å²) in [5.41, 5.74) is 1.87. The van der Waals surface area contributed by atoms with Crippen LogP contribution in [0.1, 0.15) is 34.3 Å². The highest BCUT2D eigenvalue weighted by molar-refractivity contribution is 7.81. The molecule has 1 aliphatic carbocycles. The van der Waals surface area contributed by atoms with Gasteiger partial charge in [0.1, 0.15) is 17.4 Å². The fourth-order valence-corrected chi connectivity index (χ4v) is 5.41. The number of thiocarbonyl (C=S) groups is 1. The number of rotatable bonds is 5. The van der Waals surface area contributed by atoms with Gasteiger partial charge in [0.2, 0.25) is 0 Å². The number of carbonyl (C=O) groups is 2. The van der Waals surface area contributed by atoms with Crippen LogP contribution in [-0.4, -0.2) is 32.7 Å². The summed E-state index contributed by atoms with van der Waals surface area (Å²) in [6.07, 6.45) is 2.78. The third-order valence-electron chi connectivity index (χ3n) is 6.90. The molecule has 0 atom stereocenters. The Hall–Kier alpha value is -4.33. The monoisotopic (exact) mass is 544 g/mol. The van der Waals surface area contributed by atoms with Crippen molar-refractivity contribution in [1.29, 1.82) is 5.26 Å². The number of nitrogens with one attached hydrogen (secondary N) is 2. The van der Waals surface area contributed by atoms with E-state index < -0.39 is 11.4 Å². The van der Waals surface area contributed by atoms with Gasteiger partial charge >= 0.3 is 0 Å². The molecule has 2 amide bonds. The molecule has 0 bridgehead atoms. The van der Waals surface area contributed by atoms with Gasteiger partial charge in [0.15, 0.2) is 5.11 Å². The number of hydrogen-bond acceptors (Lipinski definition) is 5. The molecule has 2 fully saturated rings. The number of anilines is 2. The number of halogens is 2. The highest BCUT2D eigenvalue weighted by atomic mass is 35.5. The molecule has 1 saturated carbocycles. The summed E-state index contributed by atoms with van der Waals surface area (Å²) in [6.45, 7) is -0.0151. The molecule has 8 nitrogen and oxygen atoms in total. The van der Waals surface area contributed by atoms with Crippen molar-refractivity contribution in [2.24, 2.45) is 0 Å². The molecule has 2 N–H and O–H groups in total. The van der Waals surface area contributed by atoms with Crippen LogP contribution in [0.4, 0.5) is 15.8 Å². The van der Waals surface area contributed by atoms with Crippen LogP contribution >= 0.6 is 23.8 Å². The van der Waals surface area contributed by atoms with Gasteiger partial charge in [0, 0.05) is 28.7 Å². The SMILES string of the molecule is N#Cc1ccc(N2C(=O)C3(CC3)N(c3ccc(CNC(=O)c4ccc5[nH]ncc5c4)c(F)c3)C2=S)cc1Cl. The molecular formula is C27H18ClFN6O2S. The van der Waals surface area contributed by atoms with E-state index in [1.165, 1.54) is 23.1 Å². The normalized spacial score (nSPS) is 15.8. The lowest BCUT2D eigenvalue weighted by atomic mass is 10.1. The van der Waals surface area contributed by atoms with E-state index in [1.807, 2.05) is 6.07 Å².